The van der Waals surface area contributed by atoms with Crippen molar-refractivity contribution in [2.45, 2.75) is 111 Å². The van der Waals surface area contributed by atoms with Crippen LogP contribution in [-0.4, -0.2) is 58.8 Å². The van der Waals surface area contributed by atoms with Crippen molar-refractivity contribution in [1.82, 2.24) is 15.5 Å². The zero-order valence-electron chi connectivity index (χ0n) is 23.7. The molecule has 3 amide bonds. The number of hydrogen-bond donors (Lipinski definition) is 3. The molecule has 1 aromatic carbocycles. The number of amides is 3. The standard InChI is InChI=1S/C29H47N3O5/c1-19(2)18-23(31-28(36)37-29(5,6)7)27(35)32(16-17-33)25(24-20(3)12-11-13-21(24)4)26(34)30-22-14-9-8-10-15-22/h11-13,19,22-23,25,33H,8-10,14-18H2,1-7H3,(H,30,34)(H,31,36). The molecule has 1 aliphatic rings. The Morgan fingerprint density at radius 2 is 1.68 bits per heavy atom. The van der Waals surface area contributed by atoms with Gasteiger partial charge in [0.05, 0.1) is 6.61 Å². The molecule has 1 aromatic rings. The predicted octanol–water partition coefficient (Wildman–Crippen LogP) is 4.55. The normalized spacial score (nSPS) is 16.1. The first-order valence-electron chi connectivity index (χ1n) is 13.6. The highest BCUT2D eigenvalue weighted by atomic mass is 16.6. The molecule has 0 saturated heterocycles. The second kappa shape index (κ2) is 13.8. The number of ether oxygens (including phenoxy) is 1. The molecule has 1 fully saturated rings. The van der Waals surface area contributed by atoms with Gasteiger partial charge in [-0.25, -0.2) is 4.79 Å². The summed E-state index contributed by atoms with van der Waals surface area (Å²) in [6.45, 7) is 12.7. The highest BCUT2D eigenvalue weighted by Gasteiger charge is 2.38. The van der Waals surface area contributed by atoms with E-state index in [1.54, 1.807) is 20.8 Å². The summed E-state index contributed by atoms with van der Waals surface area (Å²) in [6, 6.07) is 4.00. The lowest BCUT2D eigenvalue weighted by molar-refractivity contribution is -0.143. The van der Waals surface area contributed by atoms with Gasteiger partial charge in [-0.2, -0.15) is 0 Å². The van der Waals surface area contributed by atoms with Crippen LogP contribution in [0.2, 0.25) is 0 Å². The van der Waals surface area contributed by atoms with Crippen molar-refractivity contribution < 1.29 is 24.2 Å². The van der Waals surface area contributed by atoms with E-state index in [4.69, 9.17) is 4.74 Å². The fraction of sp³-hybridized carbons (Fsp3) is 0.690. The largest absolute Gasteiger partial charge is 0.444 e. The average molecular weight is 518 g/mol. The fourth-order valence-electron chi connectivity index (χ4n) is 5.03. The van der Waals surface area contributed by atoms with Crippen LogP contribution in [0.1, 0.15) is 95.9 Å². The Bertz CT molecular complexity index is 898. The first kappa shape index (κ1) is 30.6. The molecular formula is C29H47N3O5. The smallest absolute Gasteiger partial charge is 0.408 e. The molecule has 8 nitrogen and oxygen atoms in total. The molecule has 37 heavy (non-hydrogen) atoms. The maximum absolute atomic E-state index is 14.1. The van der Waals surface area contributed by atoms with Crippen molar-refractivity contribution >= 4 is 17.9 Å². The Hall–Kier alpha value is -2.61. The SMILES string of the molecule is Cc1cccc(C)c1C(C(=O)NC1CCCCC1)N(CCO)C(=O)C(CC(C)C)NC(=O)OC(C)(C)C. The molecule has 0 aromatic heterocycles. The van der Waals surface area contributed by atoms with E-state index in [0.717, 1.165) is 48.8 Å². The predicted molar refractivity (Wildman–Crippen MR) is 145 cm³/mol. The molecule has 0 bridgehead atoms. The fourth-order valence-corrected chi connectivity index (χ4v) is 5.03. The lowest BCUT2D eigenvalue weighted by Crippen LogP contribution is -2.55. The number of benzene rings is 1. The van der Waals surface area contributed by atoms with Crippen LogP contribution < -0.4 is 10.6 Å². The Kier molecular flexibility index (Phi) is 11.4. The number of aliphatic hydroxyl groups excluding tert-OH is 1. The highest BCUT2D eigenvalue weighted by Crippen LogP contribution is 2.30. The minimum absolute atomic E-state index is 0.0417. The first-order valence-corrected chi connectivity index (χ1v) is 13.6. The van der Waals surface area contributed by atoms with Gasteiger partial charge in [0.2, 0.25) is 11.8 Å². The van der Waals surface area contributed by atoms with E-state index in [1.807, 2.05) is 45.9 Å². The third-order valence-electron chi connectivity index (χ3n) is 6.65. The zero-order chi connectivity index (χ0) is 27.8. The molecule has 0 aliphatic heterocycles. The molecule has 0 heterocycles. The summed E-state index contributed by atoms with van der Waals surface area (Å²) >= 11 is 0. The van der Waals surface area contributed by atoms with Gasteiger partial charge in [0.15, 0.2) is 0 Å². The van der Waals surface area contributed by atoms with Crippen molar-refractivity contribution in [3.05, 3.63) is 34.9 Å². The second-order valence-electron chi connectivity index (χ2n) is 11.6. The van der Waals surface area contributed by atoms with Crippen molar-refractivity contribution in [2.75, 3.05) is 13.2 Å². The molecule has 2 rings (SSSR count). The highest BCUT2D eigenvalue weighted by molar-refractivity contribution is 5.92. The van der Waals surface area contributed by atoms with E-state index in [2.05, 4.69) is 10.6 Å². The third kappa shape index (κ3) is 9.33. The molecule has 2 atom stereocenters. The van der Waals surface area contributed by atoms with Crippen molar-refractivity contribution in [1.29, 1.82) is 0 Å². The monoisotopic (exact) mass is 517 g/mol. The number of alkyl carbamates (subject to hydrolysis) is 1. The van der Waals surface area contributed by atoms with E-state index in [-0.39, 0.29) is 31.0 Å². The Balaban J connectivity index is 2.49. The van der Waals surface area contributed by atoms with Crippen LogP contribution in [0, 0.1) is 19.8 Å². The number of carbonyl (C=O) groups is 3. The first-order chi connectivity index (χ1) is 17.3. The van der Waals surface area contributed by atoms with Gasteiger partial charge in [0.25, 0.3) is 0 Å². The van der Waals surface area contributed by atoms with Crippen molar-refractivity contribution in [3.63, 3.8) is 0 Å². The summed E-state index contributed by atoms with van der Waals surface area (Å²) in [5, 5.41) is 15.9. The van der Waals surface area contributed by atoms with Gasteiger partial charge >= 0.3 is 6.09 Å². The molecule has 208 valence electrons. The number of aryl methyl sites for hydroxylation is 2. The molecule has 1 aliphatic carbocycles. The molecular weight excluding hydrogens is 470 g/mol. The van der Waals surface area contributed by atoms with E-state index < -0.39 is 29.7 Å². The van der Waals surface area contributed by atoms with E-state index in [1.165, 1.54) is 4.90 Å². The number of carbonyl (C=O) groups excluding carboxylic acids is 3. The second-order valence-corrected chi connectivity index (χ2v) is 11.6. The van der Waals surface area contributed by atoms with Gasteiger partial charge in [-0.15, -0.1) is 0 Å². The maximum Gasteiger partial charge on any atom is 0.408 e. The van der Waals surface area contributed by atoms with Gasteiger partial charge in [0, 0.05) is 12.6 Å². The molecule has 0 spiro atoms. The topological polar surface area (TPSA) is 108 Å². The lowest BCUT2D eigenvalue weighted by atomic mass is 9.91. The lowest BCUT2D eigenvalue weighted by Gasteiger charge is -2.36. The van der Waals surface area contributed by atoms with Crippen LogP contribution in [0.15, 0.2) is 18.2 Å². The summed E-state index contributed by atoms with van der Waals surface area (Å²) in [4.78, 5) is 42.0. The number of aliphatic hydroxyl groups is 1. The van der Waals surface area contributed by atoms with Crippen LogP contribution in [0.25, 0.3) is 0 Å². The summed E-state index contributed by atoms with van der Waals surface area (Å²) in [5.74, 6) is -0.582. The Morgan fingerprint density at radius 3 is 2.19 bits per heavy atom. The molecule has 2 unspecified atom stereocenters. The maximum atomic E-state index is 14.1. The summed E-state index contributed by atoms with van der Waals surface area (Å²) in [7, 11) is 0. The molecule has 1 saturated carbocycles. The third-order valence-corrected chi connectivity index (χ3v) is 6.65. The average Bonchev–Trinajstić information content (AvgIpc) is 2.78. The van der Waals surface area contributed by atoms with Gasteiger partial charge in [0.1, 0.15) is 17.7 Å². The minimum atomic E-state index is -0.933. The van der Waals surface area contributed by atoms with Crippen molar-refractivity contribution in [2.24, 2.45) is 5.92 Å². The van der Waals surface area contributed by atoms with E-state index in [9.17, 15) is 19.5 Å². The van der Waals surface area contributed by atoms with Crippen molar-refractivity contribution in [3.8, 4) is 0 Å². The van der Waals surface area contributed by atoms with Gasteiger partial charge in [-0.3, -0.25) is 9.59 Å². The molecule has 3 N–H and O–H groups in total. The van der Waals surface area contributed by atoms with Gasteiger partial charge in [-0.05, 0) is 76.5 Å². The van der Waals surface area contributed by atoms with Crippen LogP contribution in [0.5, 0.6) is 0 Å². The Labute approximate surface area is 222 Å². The van der Waals surface area contributed by atoms with Gasteiger partial charge in [-0.1, -0.05) is 51.3 Å². The Morgan fingerprint density at radius 1 is 1.08 bits per heavy atom. The summed E-state index contributed by atoms with van der Waals surface area (Å²) < 4.78 is 5.42. The molecule has 0 radical (unpaired) electrons. The zero-order valence-corrected chi connectivity index (χ0v) is 23.7. The van der Waals surface area contributed by atoms with E-state index in [0.29, 0.717) is 6.42 Å². The number of nitrogens with zero attached hydrogens (tertiary/aromatic N) is 1. The van der Waals surface area contributed by atoms with Crippen LogP contribution in [0.4, 0.5) is 4.79 Å². The summed E-state index contributed by atoms with van der Waals surface area (Å²) in [5.41, 5.74) is 1.80. The number of hydrogen-bond acceptors (Lipinski definition) is 5. The summed E-state index contributed by atoms with van der Waals surface area (Å²) in [6.07, 6.45) is 4.79. The minimum Gasteiger partial charge on any atom is -0.444 e. The van der Waals surface area contributed by atoms with Crippen LogP contribution in [-0.2, 0) is 14.3 Å². The van der Waals surface area contributed by atoms with Gasteiger partial charge < -0.3 is 25.4 Å². The van der Waals surface area contributed by atoms with Crippen LogP contribution in [0.3, 0.4) is 0 Å². The number of nitrogens with one attached hydrogen (secondary N) is 2. The number of rotatable bonds is 10. The molecule has 8 heteroatoms. The van der Waals surface area contributed by atoms with E-state index >= 15 is 0 Å². The quantitative estimate of drug-likeness (QED) is 0.422. The van der Waals surface area contributed by atoms with Crippen LogP contribution >= 0.6 is 0 Å².